The summed E-state index contributed by atoms with van der Waals surface area (Å²) < 4.78 is 0. The van der Waals surface area contributed by atoms with Crippen molar-refractivity contribution in [2.24, 2.45) is 0 Å². The zero-order chi connectivity index (χ0) is 28.2. The Hall–Kier alpha value is -4.94. The van der Waals surface area contributed by atoms with Crippen molar-refractivity contribution in [2.75, 3.05) is 0 Å². The lowest BCUT2D eigenvalue weighted by molar-refractivity contribution is 1.14. The van der Waals surface area contributed by atoms with Crippen LogP contribution in [-0.4, -0.2) is 0 Å². The summed E-state index contributed by atoms with van der Waals surface area (Å²) >= 11 is 0. The summed E-state index contributed by atoms with van der Waals surface area (Å²) in [6, 6.07) is 49.2. The summed E-state index contributed by atoms with van der Waals surface area (Å²) in [5.41, 5.74) is 16.3. The molecule has 0 unspecified atom stereocenters. The van der Waals surface area contributed by atoms with E-state index in [1.165, 1.54) is 88.3 Å². The monoisotopic (exact) mass is 536 g/mol. The third-order valence-corrected chi connectivity index (χ3v) is 9.17. The van der Waals surface area contributed by atoms with E-state index >= 15 is 0 Å². The van der Waals surface area contributed by atoms with Gasteiger partial charge in [0, 0.05) is 0 Å². The second-order valence-electron chi connectivity index (χ2n) is 11.3. The van der Waals surface area contributed by atoms with Crippen LogP contribution < -0.4 is 0 Å². The van der Waals surface area contributed by atoms with E-state index in [-0.39, 0.29) is 0 Å². The van der Waals surface area contributed by atoms with Crippen molar-refractivity contribution < 1.29 is 0 Å². The average Bonchev–Trinajstić information content (AvgIpc) is 3.39. The van der Waals surface area contributed by atoms with Gasteiger partial charge < -0.3 is 0 Å². The number of fused-ring (bicyclic) bond motifs is 4. The van der Waals surface area contributed by atoms with Crippen LogP contribution in [0.4, 0.5) is 0 Å². The first-order valence-electron chi connectivity index (χ1n) is 15.2. The van der Waals surface area contributed by atoms with Gasteiger partial charge in [0.1, 0.15) is 0 Å². The van der Waals surface area contributed by atoms with Crippen molar-refractivity contribution >= 4 is 21.5 Å². The van der Waals surface area contributed by atoms with E-state index in [1.54, 1.807) is 0 Å². The normalized spacial score (nSPS) is 11.8. The lowest BCUT2D eigenvalue weighted by Crippen LogP contribution is -2.01. The zero-order valence-corrected chi connectivity index (χ0v) is 24.1. The Kier molecular flexibility index (Phi) is 5.83. The second kappa shape index (κ2) is 9.86. The Labute approximate surface area is 247 Å². The Morgan fingerprint density at radius 1 is 0.381 bits per heavy atom. The molecule has 8 rings (SSSR count). The molecule has 0 amide bonds. The Morgan fingerprint density at radius 3 is 1.43 bits per heavy atom. The lowest BCUT2D eigenvalue weighted by atomic mass is 9.78. The first-order valence-corrected chi connectivity index (χ1v) is 15.2. The predicted octanol–water partition coefficient (Wildman–Crippen LogP) is 11.8. The molecule has 0 spiro atoms. The first kappa shape index (κ1) is 24.8. The third kappa shape index (κ3) is 3.55. The van der Waals surface area contributed by atoms with Crippen molar-refractivity contribution in [1.82, 2.24) is 0 Å². The minimum Gasteiger partial charge on any atom is -0.0622 e. The summed E-state index contributed by atoms with van der Waals surface area (Å²) in [7, 11) is 0. The SMILES string of the molecule is CCc1c2c(c(CC)c3c(-c4ccccc4)c(-c4ccccc4)c(-c4ccccc4)cc13)-c1cccc3cccc-2c13. The van der Waals surface area contributed by atoms with E-state index in [0.29, 0.717) is 0 Å². The molecule has 1 aliphatic carbocycles. The molecule has 0 saturated carbocycles. The topological polar surface area (TPSA) is 0 Å². The van der Waals surface area contributed by atoms with Gasteiger partial charge in [-0.2, -0.15) is 0 Å². The van der Waals surface area contributed by atoms with Crippen LogP contribution in [0.2, 0.25) is 0 Å². The number of aryl methyl sites for hydroxylation is 2. The zero-order valence-electron chi connectivity index (χ0n) is 24.1. The van der Waals surface area contributed by atoms with Crippen molar-refractivity contribution in [3.63, 3.8) is 0 Å². The van der Waals surface area contributed by atoms with Gasteiger partial charge in [-0.3, -0.25) is 0 Å². The van der Waals surface area contributed by atoms with Gasteiger partial charge in [0.25, 0.3) is 0 Å². The van der Waals surface area contributed by atoms with Crippen LogP contribution in [0.3, 0.4) is 0 Å². The van der Waals surface area contributed by atoms with E-state index in [0.717, 1.165) is 12.8 Å². The molecule has 0 heteroatoms. The molecule has 0 N–H and O–H groups in total. The highest BCUT2D eigenvalue weighted by Gasteiger charge is 2.31. The molecule has 0 nitrogen and oxygen atoms in total. The van der Waals surface area contributed by atoms with Crippen molar-refractivity contribution in [3.8, 4) is 55.6 Å². The quantitative estimate of drug-likeness (QED) is 0.205. The fraction of sp³-hybridized carbons (Fsp3) is 0.0952. The van der Waals surface area contributed by atoms with Crippen LogP contribution in [0.15, 0.2) is 133 Å². The van der Waals surface area contributed by atoms with Crippen LogP contribution >= 0.6 is 0 Å². The Morgan fingerprint density at radius 2 is 0.881 bits per heavy atom. The molecule has 0 saturated heterocycles. The van der Waals surface area contributed by atoms with E-state index in [2.05, 4.69) is 147 Å². The van der Waals surface area contributed by atoms with E-state index in [1.807, 2.05) is 0 Å². The smallest absolute Gasteiger partial charge is 0.00175 e. The molecule has 0 aromatic heterocycles. The van der Waals surface area contributed by atoms with Crippen LogP contribution in [-0.2, 0) is 12.8 Å². The van der Waals surface area contributed by atoms with E-state index < -0.39 is 0 Å². The highest BCUT2D eigenvalue weighted by molar-refractivity contribution is 6.23. The summed E-state index contributed by atoms with van der Waals surface area (Å²) in [6.07, 6.45) is 1.94. The minimum absolute atomic E-state index is 0.964. The van der Waals surface area contributed by atoms with Gasteiger partial charge >= 0.3 is 0 Å². The number of benzene rings is 7. The number of rotatable bonds is 5. The fourth-order valence-electron chi connectivity index (χ4n) is 7.51. The van der Waals surface area contributed by atoms with Crippen molar-refractivity contribution in [1.29, 1.82) is 0 Å². The molecular formula is C42H32. The van der Waals surface area contributed by atoms with Gasteiger partial charge in [0.05, 0.1) is 0 Å². The maximum Gasteiger partial charge on any atom is -0.00175 e. The first-order chi connectivity index (χ1) is 20.8. The van der Waals surface area contributed by atoms with E-state index in [9.17, 15) is 0 Å². The molecular weight excluding hydrogens is 504 g/mol. The Bertz CT molecular complexity index is 2110. The minimum atomic E-state index is 0.964. The van der Waals surface area contributed by atoms with E-state index in [4.69, 9.17) is 0 Å². The van der Waals surface area contributed by atoms with Crippen LogP contribution in [0, 0.1) is 0 Å². The summed E-state index contributed by atoms with van der Waals surface area (Å²) in [5, 5.41) is 5.52. The summed E-state index contributed by atoms with van der Waals surface area (Å²) in [4.78, 5) is 0. The number of hydrogen-bond donors (Lipinski definition) is 0. The standard InChI is InChI=1S/C42H32/c1-3-31-36-26-35(27-16-8-5-9-17-27)38(29-18-10-6-11-19-29)39(30-20-12-7-13-21-30)42(36)32(4-2)41-34-25-15-23-28-22-14-24-33(37(28)34)40(31)41/h5-26H,3-4H2,1-2H3. The predicted molar refractivity (Wildman–Crippen MR) is 181 cm³/mol. The third-order valence-electron chi connectivity index (χ3n) is 9.17. The van der Waals surface area contributed by atoms with Crippen molar-refractivity contribution in [2.45, 2.75) is 26.7 Å². The molecule has 7 aromatic rings. The lowest BCUT2D eigenvalue weighted by Gasteiger charge is -2.25. The number of hydrogen-bond acceptors (Lipinski definition) is 0. The molecule has 7 aromatic carbocycles. The van der Waals surface area contributed by atoms with Crippen LogP contribution in [0.1, 0.15) is 25.0 Å². The van der Waals surface area contributed by atoms with Crippen molar-refractivity contribution in [3.05, 3.63) is 145 Å². The fourth-order valence-corrected chi connectivity index (χ4v) is 7.51. The molecule has 0 radical (unpaired) electrons. The summed E-state index contributed by atoms with van der Waals surface area (Å²) in [6.45, 7) is 4.67. The van der Waals surface area contributed by atoms with Crippen LogP contribution in [0.25, 0.3) is 77.2 Å². The average molecular weight is 537 g/mol. The molecule has 0 bridgehead atoms. The maximum absolute atomic E-state index is 2.51. The molecule has 0 atom stereocenters. The molecule has 0 aliphatic heterocycles. The van der Waals surface area contributed by atoms with Gasteiger partial charge in [-0.05, 0) is 107 Å². The highest BCUT2D eigenvalue weighted by atomic mass is 14.3. The van der Waals surface area contributed by atoms with Gasteiger partial charge in [-0.1, -0.05) is 141 Å². The molecule has 0 fully saturated rings. The highest BCUT2D eigenvalue weighted by Crippen LogP contribution is 2.56. The van der Waals surface area contributed by atoms with Gasteiger partial charge in [-0.25, -0.2) is 0 Å². The van der Waals surface area contributed by atoms with Crippen LogP contribution in [0.5, 0.6) is 0 Å². The molecule has 1 aliphatic rings. The molecule has 42 heavy (non-hydrogen) atoms. The van der Waals surface area contributed by atoms with Gasteiger partial charge in [-0.15, -0.1) is 0 Å². The maximum atomic E-state index is 2.51. The largest absolute Gasteiger partial charge is 0.0622 e. The summed E-state index contributed by atoms with van der Waals surface area (Å²) in [5.74, 6) is 0. The second-order valence-corrected chi connectivity index (χ2v) is 11.3. The Balaban J connectivity index is 1.66. The molecule has 0 heterocycles. The van der Waals surface area contributed by atoms with Gasteiger partial charge in [0.2, 0.25) is 0 Å². The van der Waals surface area contributed by atoms with Gasteiger partial charge in [0.15, 0.2) is 0 Å². The molecule has 200 valence electrons.